The topological polar surface area (TPSA) is 87.2 Å². The highest BCUT2D eigenvalue weighted by Gasteiger charge is 2.36. The largest absolute Gasteiger partial charge is 0.530 e. The summed E-state index contributed by atoms with van der Waals surface area (Å²) in [7, 11) is 0. The lowest BCUT2D eigenvalue weighted by Gasteiger charge is -2.34. The van der Waals surface area contributed by atoms with Crippen LogP contribution < -0.4 is 15.2 Å². The minimum Gasteiger partial charge on any atom is -0.530 e. The Morgan fingerprint density at radius 1 is 1.28 bits per heavy atom. The lowest BCUT2D eigenvalue weighted by atomic mass is 9.91. The normalized spacial score (nSPS) is 13.8. The zero-order chi connectivity index (χ0) is 21.8. The summed E-state index contributed by atoms with van der Waals surface area (Å²) in [5.74, 6) is 0.136. The summed E-state index contributed by atoms with van der Waals surface area (Å²) < 4.78 is 46.3. The van der Waals surface area contributed by atoms with E-state index >= 15 is 0 Å². The predicted octanol–water partition coefficient (Wildman–Crippen LogP) is 3.59. The molecule has 1 N–H and O–H groups in total. The fraction of sp³-hybridized carbons (Fsp3) is 0.450. The number of carbonyl (C=O) groups excluding carboxylic acids is 1. The summed E-state index contributed by atoms with van der Waals surface area (Å²) in [5.41, 5.74) is -1.43. The highest BCUT2D eigenvalue weighted by Crippen LogP contribution is 2.39. The van der Waals surface area contributed by atoms with Crippen molar-refractivity contribution in [2.45, 2.75) is 45.8 Å². The van der Waals surface area contributed by atoms with E-state index in [2.05, 4.69) is 15.3 Å². The van der Waals surface area contributed by atoms with E-state index in [1.54, 1.807) is 13.8 Å². The number of aryl methyl sites for hydroxylation is 1. The van der Waals surface area contributed by atoms with Crippen LogP contribution in [0.2, 0.25) is 0 Å². The number of ether oxygens (including phenoxy) is 1. The van der Waals surface area contributed by atoms with E-state index in [1.807, 2.05) is 13.8 Å². The van der Waals surface area contributed by atoms with Crippen molar-refractivity contribution in [2.75, 3.05) is 6.61 Å². The summed E-state index contributed by atoms with van der Waals surface area (Å²) in [4.78, 5) is 19.1. The summed E-state index contributed by atoms with van der Waals surface area (Å²) in [6, 6.07) is 5.16. The molecule has 0 aliphatic carbocycles. The number of rotatable bonds is 7. The molecule has 1 amide bonds. The molecule has 1 heterocycles. The molecule has 158 valence electrons. The summed E-state index contributed by atoms with van der Waals surface area (Å²) >= 11 is 0. The van der Waals surface area contributed by atoms with E-state index in [4.69, 9.17) is 4.74 Å². The quantitative estimate of drug-likeness (QED) is 0.754. The maximum absolute atomic E-state index is 13.6. The molecule has 2 rings (SSSR count). The Morgan fingerprint density at radius 3 is 2.52 bits per heavy atom. The van der Waals surface area contributed by atoms with Gasteiger partial charge in [-0.25, -0.2) is 9.97 Å². The molecule has 1 aromatic carbocycles. The van der Waals surface area contributed by atoms with Gasteiger partial charge in [-0.15, -0.1) is 0 Å². The van der Waals surface area contributed by atoms with Gasteiger partial charge >= 0.3 is 6.18 Å². The van der Waals surface area contributed by atoms with Crippen molar-refractivity contribution in [1.29, 1.82) is 0 Å². The highest BCUT2D eigenvalue weighted by atomic mass is 19.4. The maximum Gasteiger partial charge on any atom is 0.419 e. The van der Waals surface area contributed by atoms with Crippen molar-refractivity contribution >= 4 is 6.09 Å². The third-order valence-corrected chi connectivity index (χ3v) is 4.17. The predicted molar refractivity (Wildman–Crippen MR) is 99.1 cm³/mol. The first-order valence-electron chi connectivity index (χ1n) is 9.03. The van der Waals surface area contributed by atoms with Crippen LogP contribution in [0.3, 0.4) is 0 Å². The van der Waals surface area contributed by atoms with Gasteiger partial charge in [0.15, 0.2) is 0 Å². The Kier molecular flexibility index (Phi) is 6.71. The lowest BCUT2D eigenvalue weighted by Crippen LogP contribution is -2.55. The number of carbonyl (C=O) groups is 1. The van der Waals surface area contributed by atoms with E-state index in [0.717, 1.165) is 6.07 Å². The average Bonchev–Trinajstić information content (AvgIpc) is 2.57. The Bertz CT molecular complexity index is 872. The molecule has 0 aliphatic rings. The number of carboxylic acid groups (broad SMARTS) is 1. The van der Waals surface area contributed by atoms with Crippen LogP contribution in [0.15, 0.2) is 30.5 Å². The molecule has 0 saturated heterocycles. The molecule has 0 saturated carbocycles. The van der Waals surface area contributed by atoms with Crippen LogP contribution in [0.1, 0.15) is 38.6 Å². The Hall–Kier alpha value is -2.84. The second kappa shape index (κ2) is 8.67. The fourth-order valence-electron chi connectivity index (χ4n) is 3.18. The zero-order valence-electron chi connectivity index (χ0n) is 16.6. The smallest absolute Gasteiger partial charge is 0.419 e. The number of nitrogens with one attached hydrogen (secondary N) is 1. The first-order valence-corrected chi connectivity index (χ1v) is 9.03. The number of nitrogens with zero attached hydrogens (tertiary/aromatic N) is 2. The van der Waals surface area contributed by atoms with E-state index in [0.29, 0.717) is 17.9 Å². The molecule has 1 aromatic heterocycles. The number of halogens is 3. The molecule has 2 aromatic rings. The van der Waals surface area contributed by atoms with E-state index < -0.39 is 23.4 Å². The van der Waals surface area contributed by atoms with Crippen LogP contribution in [-0.4, -0.2) is 28.2 Å². The number of hydrogen-bond donors (Lipinski definition) is 1. The van der Waals surface area contributed by atoms with Crippen LogP contribution >= 0.6 is 0 Å². The van der Waals surface area contributed by atoms with Gasteiger partial charge in [-0.1, -0.05) is 13.8 Å². The summed E-state index contributed by atoms with van der Waals surface area (Å²) in [5, 5.41) is 13.2. The Morgan fingerprint density at radius 2 is 1.97 bits per heavy atom. The number of alkyl halides is 3. The number of amides is 1. The van der Waals surface area contributed by atoms with E-state index in [-0.39, 0.29) is 23.8 Å². The van der Waals surface area contributed by atoms with Gasteiger partial charge in [0.05, 0.1) is 16.8 Å². The molecule has 0 fully saturated rings. The monoisotopic (exact) mass is 410 g/mol. The minimum atomic E-state index is -4.66. The van der Waals surface area contributed by atoms with Crippen LogP contribution in [0.4, 0.5) is 18.0 Å². The van der Waals surface area contributed by atoms with Gasteiger partial charge in [-0.3, -0.25) is 0 Å². The molecular weight excluding hydrogens is 387 g/mol. The van der Waals surface area contributed by atoms with Crippen molar-refractivity contribution in [2.24, 2.45) is 5.92 Å². The third-order valence-electron chi connectivity index (χ3n) is 4.17. The average molecular weight is 410 g/mol. The molecule has 6 nitrogen and oxygen atoms in total. The first-order chi connectivity index (χ1) is 13.4. The molecule has 0 aliphatic heterocycles. The summed E-state index contributed by atoms with van der Waals surface area (Å²) in [6.07, 6.45) is -4.34. The van der Waals surface area contributed by atoms with Crippen molar-refractivity contribution < 1.29 is 27.8 Å². The first kappa shape index (κ1) is 22.4. The molecule has 29 heavy (non-hydrogen) atoms. The Balaban J connectivity index is 2.35. The van der Waals surface area contributed by atoms with Gasteiger partial charge in [0.2, 0.25) is 0 Å². The molecule has 0 spiro atoms. The molecule has 9 heteroatoms. The van der Waals surface area contributed by atoms with Gasteiger partial charge < -0.3 is 20.0 Å². The number of benzene rings is 1. The third kappa shape index (κ3) is 6.33. The maximum atomic E-state index is 13.6. The second-order valence-electron chi connectivity index (χ2n) is 7.56. The second-order valence-corrected chi connectivity index (χ2v) is 7.56. The SMILES string of the molecule is Cc1nccc(-c2ccc(OCC(C)(CC(C)C)NC(=O)[O-])c(C(F)(F)F)c2)n1. The van der Waals surface area contributed by atoms with E-state index in [9.17, 15) is 23.1 Å². The van der Waals surface area contributed by atoms with Crippen LogP contribution in [0.25, 0.3) is 11.3 Å². The number of hydrogen-bond acceptors (Lipinski definition) is 5. The van der Waals surface area contributed by atoms with E-state index in [1.165, 1.54) is 24.4 Å². The molecule has 0 bridgehead atoms. The van der Waals surface area contributed by atoms with Crippen LogP contribution in [0, 0.1) is 12.8 Å². The van der Waals surface area contributed by atoms with Gasteiger partial charge in [-0.2, -0.15) is 13.2 Å². The molecule has 0 radical (unpaired) electrons. The number of aromatic nitrogens is 2. The van der Waals surface area contributed by atoms with Crippen LogP contribution in [0.5, 0.6) is 5.75 Å². The van der Waals surface area contributed by atoms with Gasteiger partial charge in [0.1, 0.15) is 24.3 Å². The van der Waals surface area contributed by atoms with Gasteiger partial charge in [0, 0.05) is 11.8 Å². The minimum absolute atomic E-state index is 0.0842. The van der Waals surface area contributed by atoms with Crippen LogP contribution in [-0.2, 0) is 6.18 Å². The standard InChI is InChI=1S/C20H24F3N3O3/c1-12(2)10-19(4,26-18(27)28)11-29-17-6-5-14(9-15(17)20(21,22)23)16-7-8-24-13(3)25-16/h5-9,12,26H,10-11H2,1-4H3,(H,27,28)/p-1. The van der Waals surface area contributed by atoms with Crippen molar-refractivity contribution in [1.82, 2.24) is 15.3 Å². The fourth-order valence-corrected chi connectivity index (χ4v) is 3.18. The van der Waals surface area contributed by atoms with Crippen molar-refractivity contribution in [3.63, 3.8) is 0 Å². The van der Waals surface area contributed by atoms with Gasteiger partial charge in [0.25, 0.3) is 0 Å². The van der Waals surface area contributed by atoms with Crippen molar-refractivity contribution in [3.05, 3.63) is 41.9 Å². The van der Waals surface area contributed by atoms with Gasteiger partial charge in [-0.05, 0) is 50.5 Å². The lowest BCUT2D eigenvalue weighted by molar-refractivity contribution is -0.253. The zero-order valence-corrected chi connectivity index (χ0v) is 16.6. The molecular formula is C20H23F3N3O3-. The molecule has 1 atom stereocenters. The Labute approximate surface area is 167 Å². The summed E-state index contributed by atoms with van der Waals surface area (Å²) in [6.45, 7) is 6.66. The molecule has 1 unspecified atom stereocenters. The highest BCUT2D eigenvalue weighted by molar-refractivity contribution is 5.63. The van der Waals surface area contributed by atoms with Crippen molar-refractivity contribution in [3.8, 4) is 17.0 Å².